The third-order valence-corrected chi connectivity index (χ3v) is 8.66. The van der Waals surface area contributed by atoms with E-state index < -0.39 is 0 Å². The van der Waals surface area contributed by atoms with Gasteiger partial charge >= 0.3 is 0 Å². The molecule has 0 bridgehead atoms. The van der Waals surface area contributed by atoms with Crippen LogP contribution in [0.15, 0.2) is 54.6 Å². The van der Waals surface area contributed by atoms with Crippen LogP contribution in [-0.2, 0) is 6.42 Å². The Morgan fingerprint density at radius 1 is 0.690 bits per heavy atom. The van der Waals surface area contributed by atoms with Gasteiger partial charge in [-0.15, -0.1) is 0 Å². The Morgan fingerprint density at radius 3 is 1.86 bits per heavy atom. The molecule has 2 heteroatoms. The van der Waals surface area contributed by atoms with Crippen molar-refractivity contribution >= 4 is 23.2 Å². The molecule has 0 radical (unpaired) electrons. The van der Waals surface area contributed by atoms with Crippen LogP contribution in [0.25, 0.3) is 6.08 Å². The fourth-order valence-corrected chi connectivity index (χ4v) is 5.74. The maximum atomic E-state index is 6.06. The van der Waals surface area contributed by atoms with Gasteiger partial charge in [-0.25, -0.2) is 0 Å². The highest BCUT2D eigenvalue weighted by Crippen LogP contribution is 2.18. The van der Waals surface area contributed by atoms with Crippen LogP contribution in [-0.4, -0.2) is 11.5 Å². The van der Waals surface area contributed by atoms with Crippen LogP contribution < -0.4 is 4.74 Å². The average Bonchev–Trinajstić information content (AvgIpc) is 3.00. The Balaban J connectivity index is 1.53. The number of rotatable bonds is 26. The third-order valence-electron chi connectivity index (χ3n) is 8.29. The number of hydrogen-bond donors (Lipinski definition) is 0. The van der Waals surface area contributed by atoms with Crippen molar-refractivity contribution in [1.82, 2.24) is 0 Å². The molecule has 0 unspecified atom stereocenters. The lowest BCUT2D eigenvalue weighted by atomic mass is 10.0. The summed E-state index contributed by atoms with van der Waals surface area (Å²) < 4.78 is 6.06. The number of benzene rings is 2. The molecular weight excluding hydrogens is 529 g/mol. The Bertz CT molecular complexity index is 958. The Hall–Kier alpha value is -1.93. The maximum Gasteiger partial charge on any atom is 0.119 e. The zero-order valence-electron chi connectivity index (χ0n) is 27.5. The van der Waals surface area contributed by atoms with Gasteiger partial charge in [0.05, 0.1) is 6.61 Å². The second-order valence-electron chi connectivity index (χ2n) is 12.8. The largest absolute Gasteiger partial charge is 0.494 e. The van der Waals surface area contributed by atoms with Crippen molar-refractivity contribution in [3.05, 3.63) is 71.3 Å². The predicted molar refractivity (Wildman–Crippen MR) is 191 cm³/mol. The summed E-state index contributed by atoms with van der Waals surface area (Å²) in [5, 5.41) is 0. The van der Waals surface area contributed by atoms with E-state index in [1.165, 1.54) is 121 Å². The first-order valence-corrected chi connectivity index (χ1v) is 18.0. The van der Waals surface area contributed by atoms with Crippen molar-refractivity contribution in [2.24, 2.45) is 5.92 Å². The van der Waals surface area contributed by atoms with E-state index in [0.717, 1.165) is 47.1 Å². The van der Waals surface area contributed by atoms with E-state index in [1.54, 1.807) is 0 Å². The first kappa shape index (κ1) is 36.3. The van der Waals surface area contributed by atoms with Gasteiger partial charge in [-0.2, -0.15) is 0 Å². The van der Waals surface area contributed by atoms with Gasteiger partial charge in [0.2, 0.25) is 0 Å². The van der Waals surface area contributed by atoms with Gasteiger partial charge < -0.3 is 4.74 Å². The van der Waals surface area contributed by atoms with Crippen LogP contribution in [0.1, 0.15) is 159 Å². The molecule has 234 valence electrons. The van der Waals surface area contributed by atoms with E-state index in [4.69, 9.17) is 17.0 Å². The quantitative estimate of drug-likeness (QED) is 0.0466. The standard InChI is InChI=1S/C40H62OS/c1-4-5-6-7-8-9-10-11-12-13-14-15-16-17-21-33-41-39-26-22-25-37(34-39)29-32-40(42)38-30-27-36(28-31-38)24-20-18-19-23-35(2)3/h22,25-32,34-35H,4-21,23-24,33H2,1-3H3. The summed E-state index contributed by atoms with van der Waals surface area (Å²) in [6.07, 6.45) is 31.4. The molecule has 0 aromatic heterocycles. The van der Waals surface area contributed by atoms with Gasteiger partial charge in [0.25, 0.3) is 0 Å². The lowest BCUT2D eigenvalue weighted by molar-refractivity contribution is 0.304. The third kappa shape index (κ3) is 18.6. The van der Waals surface area contributed by atoms with Crippen molar-refractivity contribution in [3.8, 4) is 5.75 Å². The summed E-state index contributed by atoms with van der Waals surface area (Å²) >= 11 is 5.70. The fraction of sp³-hybridized carbons (Fsp3) is 0.625. The van der Waals surface area contributed by atoms with Crippen LogP contribution in [0.5, 0.6) is 5.75 Å². The van der Waals surface area contributed by atoms with E-state index in [9.17, 15) is 0 Å². The smallest absolute Gasteiger partial charge is 0.119 e. The maximum absolute atomic E-state index is 6.06. The second-order valence-corrected chi connectivity index (χ2v) is 13.2. The van der Waals surface area contributed by atoms with Crippen molar-refractivity contribution in [2.75, 3.05) is 6.61 Å². The SMILES string of the molecule is CCCCCCCCCCCCCCCCCOc1cccc(C=CC(=S)c2ccc(CCCCCC(C)C)cc2)c1. The van der Waals surface area contributed by atoms with Crippen LogP contribution in [0.3, 0.4) is 0 Å². The van der Waals surface area contributed by atoms with Crippen molar-refractivity contribution in [2.45, 2.75) is 149 Å². The molecule has 42 heavy (non-hydrogen) atoms. The molecule has 0 spiro atoms. The molecule has 2 rings (SSSR count). The number of hydrogen-bond acceptors (Lipinski definition) is 2. The molecule has 0 aliphatic heterocycles. The Kier molecular flexibility index (Phi) is 21.2. The summed E-state index contributed by atoms with van der Waals surface area (Å²) in [4.78, 5) is 0.877. The molecular formula is C40H62OS. The number of aryl methyl sites for hydroxylation is 1. The van der Waals surface area contributed by atoms with Gasteiger partial charge in [0.15, 0.2) is 0 Å². The van der Waals surface area contributed by atoms with Crippen LogP contribution >= 0.6 is 12.2 Å². The fourth-order valence-electron chi connectivity index (χ4n) is 5.53. The molecule has 2 aromatic rings. The molecule has 0 atom stereocenters. The van der Waals surface area contributed by atoms with E-state index >= 15 is 0 Å². The Morgan fingerprint density at radius 2 is 1.26 bits per heavy atom. The number of ether oxygens (including phenoxy) is 1. The highest BCUT2D eigenvalue weighted by molar-refractivity contribution is 7.81. The summed E-state index contributed by atoms with van der Waals surface area (Å²) in [6, 6.07) is 17.2. The van der Waals surface area contributed by atoms with E-state index in [-0.39, 0.29) is 0 Å². The van der Waals surface area contributed by atoms with E-state index in [1.807, 2.05) is 6.08 Å². The van der Waals surface area contributed by atoms with Crippen LogP contribution in [0.2, 0.25) is 0 Å². The molecule has 2 aromatic carbocycles. The summed E-state index contributed by atoms with van der Waals surface area (Å²) in [6.45, 7) is 7.71. The molecule has 0 amide bonds. The minimum absolute atomic E-state index is 0.800. The van der Waals surface area contributed by atoms with Crippen molar-refractivity contribution in [1.29, 1.82) is 0 Å². The highest BCUT2D eigenvalue weighted by atomic mass is 32.1. The number of allylic oxidation sites excluding steroid dienone is 1. The molecule has 0 heterocycles. The van der Waals surface area contributed by atoms with Crippen LogP contribution in [0.4, 0.5) is 0 Å². The summed E-state index contributed by atoms with van der Waals surface area (Å²) in [5.74, 6) is 1.77. The molecule has 0 fully saturated rings. The molecule has 0 saturated heterocycles. The van der Waals surface area contributed by atoms with Crippen molar-refractivity contribution in [3.63, 3.8) is 0 Å². The minimum Gasteiger partial charge on any atom is -0.494 e. The van der Waals surface area contributed by atoms with Gasteiger partial charge in [0.1, 0.15) is 5.75 Å². The van der Waals surface area contributed by atoms with E-state index in [0.29, 0.717) is 0 Å². The highest BCUT2D eigenvalue weighted by Gasteiger charge is 2.01. The summed E-state index contributed by atoms with van der Waals surface area (Å²) in [7, 11) is 0. The zero-order chi connectivity index (χ0) is 30.1. The minimum atomic E-state index is 0.800. The zero-order valence-corrected chi connectivity index (χ0v) is 28.3. The first-order chi connectivity index (χ1) is 20.6. The average molecular weight is 591 g/mol. The lowest BCUT2D eigenvalue weighted by Gasteiger charge is -2.07. The number of thiocarbonyl (C=S) groups is 1. The molecule has 0 N–H and O–H groups in total. The van der Waals surface area contributed by atoms with Crippen LogP contribution in [0, 0.1) is 5.92 Å². The topological polar surface area (TPSA) is 9.23 Å². The molecule has 0 saturated carbocycles. The normalized spacial score (nSPS) is 11.5. The number of unbranched alkanes of at least 4 members (excludes halogenated alkanes) is 16. The van der Waals surface area contributed by atoms with Gasteiger partial charge in [0, 0.05) is 4.86 Å². The molecule has 1 nitrogen and oxygen atoms in total. The predicted octanol–water partition coefficient (Wildman–Crippen LogP) is 13.1. The first-order valence-electron chi connectivity index (χ1n) is 17.6. The second kappa shape index (κ2) is 24.5. The molecule has 0 aliphatic carbocycles. The van der Waals surface area contributed by atoms with E-state index in [2.05, 4.69) is 75.4 Å². The Labute approximate surface area is 265 Å². The monoisotopic (exact) mass is 590 g/mol. The molecule has 0 aliphatic rings. The van der Waals surface area contributed by atoms with Gasteiger partial charge in [-0.1, -0.05) is 185 Å². The van der Waals surface area contributed by atoms with Crippen molar-refractivity contribution < 1.29 is 4.74 Å². The lowest BCUT2D eigenvalue weighted by Crippen LogP contribution is -1.97. The summed E-state index contributed by atoms with van der Waals surface area (Å²) in [5.41, 5.74) is 3.66. The van der Waals surface area contributed by atoms with Gasteiger partial charge in [-0.3, -0.25) is 0 Å². The van der Waals surface area contributed by atoms with Gasteiger partial charge in [-0.05, 0) is 60.1 Å².